The van der Waals surface area contributed by atoms with Crippen LogP contribution in [0.3, 0.4) is 0 Å². The fourth-order valence-electron chi connectivity index (χ4n) is 5.78. The number of fused-ring (bicyclic) bond motifs is 2. The first-order valence-electron chi connectivity index (χ1n) is 12.9. The van der Waals surface area contributed by atoms with Crippen LogP contribution in [-0.2, 0) is 16.1 Å². The SMILES string of the molecule is COC(=O)c1cc(F)c2nc(N3C[C@H]4CC(OCc5c(-c6c(Cl)cccc6Cl)noc5C5CC5)[C@H]4C3)sc2c1. The van der Waals surface area contributed by atoms with Crippen LogP contribution in [0.2, 0.25) is 10.0 Å². The fraction of sp³-hybridized carbons (Fsp3) is 0.393. The molecule has 202 valence electrons. The molecule has 3 atom stereocenters. The molecule has 2 aromatic carbocycles. The molecule has 7 rings (SSSR count). The Balaban J connectivity index is 1.07. The van der Waals surface area contributed by atoms with Crippen LogP contribution in [0.15, 0.2) is 34.9 Å². The van der Waals surface area contributed by atoms with E-state index in [4.69, 9.17) is 37.2 Å². The van der Waals surface area contributed by atoms with Gasteiger partial charge in [-0.2, -0.15) is 0 Å². The summed E-state index contributed by atoms with van der Waals surface area (Å²) in [6.07, 6.45) is 3.18. The van der Waals surface area contributed by atoms with Gasteiger partial charge < -0.3 is 18.9 Å². The minimum absolute atomic E-state index is 0.0913. The normalized spacial score (nSPS) is 22.3. The summed E-state index contributed by atoms with van der Waals surface area (Å²) in [6.45, 7) is 2.00. The Morgan fingerprint density at radius 1 is 1.23 bits per heavy atom. The van der Waals surface area contributed by atoms with E-state index in [1.54, 1.807) is 18.2 Å². The summed E-state index contributed by atoms with van der Waals surface area (Å²) >= 11 is 14.4. The van der Waals surface area contributed by atoms with E-state index in [9.17, 15) is 9.18 Å². The fourth-order valence-corrected chi connectivity index (χ4v) is 7.39. The van der Waals surface area contributed by atoms with Crippen molar-refractivity contribution in [1.82, 2.24) is 10.1 Å². The van der Waals surface area contributed by atoms with Crippen LogP contribution in [0.1, 0.15) is 46.9 Å². The van der Waals surface area contributed by atoms with Gasteiger partial charge >= 0.3 is 5.97 Å². The van der Waals surface area contributed by atoms with Crippen molar-refractivity contribution >= 4 is 55.9 Å². The van der Waals surface area contributed by atoms with Crippen molar-refractivity contribution in [2.45, 2.75) is 37.9 Å². The molecule has 39 heavy (non-hydrogen) atoms. The van der Waals surface area contributed by atoms with Crippen LogP contribution in [0.4, 0.5) is 9.52 Å². The highest BCUT2D eigenvalue weighted by molar-refractivity contribution is 7.22. The summed E-state index contributed by atoms with van der Waals surface area (Å²) in [5.41, 5.74) is 2.71. The molecule has 1 saturated heterocycles. The number of halogens is 3. The Hall–Kier alpha value is -2.72. The number of esters is 1. The minimum atomic E-state index is -0.567. The molecule has 3 heterocycles. The van der Waals surface area contributed by atoms with E-state index in [1.807, 2.05) is 6.07 Å². The van der Waals surface area contributed by atoms with Crippen molar-refractivity contribution in [2.24, 2.45) is 11.8 Å². The number of anilines is 1. The van der Waals surface area contributed by atoms with Gasteiger partial charge in [0.15, 0.2) is 10.9 Å². The lowest BCUT2D eigenvalue weighted by Crippen LogP contribution is -2.42. The lowest BCUT2D eigenvalue weighted by Gasteiger charge is -2.38. The summed E-state index contributed by atoms with van der Waals surface area (Å²) in [5.74, 6) is 0.981. The van der Waals surface area contributed by atoms with Crippen molar-refractivity contribution in [2.75, 3.05) is 25.1 Å². The molecule has 3 aliphatic rings. The van der Waals surface area contributed by atoms with Crippen LogP contribution >= 0.6 is 34.5 Å². The van der Waals surface area contributed by atoms with Gasteiger partial charge in [0.2, 0.25) is 0 Å². The van der Waals surface area contributed by atoms with Crippen LogP contribution in [0.25, 0.3) is 21.5 Å². The summed E-state index contributed by atoms with van der Waals surface area (Å²) in [7, 11) is 1.28. The quantitative estimate of drug-likeness (QED) is 0.213. The lowest BCUT2D eigenvalue weighted by atomic mass is 9.73. The molecule has 0 amide bonds. The number of hydrogen-bond acceptors (Lipinski definition) is 8. The predicted octanol–water partition coefficient (Wildman–Crippen LogP) is 7.10. The number of aromatic nitrogens is 2. The van der Waals surface area contributed by atoms with E-state index in [-0.39, 0.29) is 17.2 Å². The topological polar surface area (TPSA) is 77.7 Å². The van der Waals surface area contributed by atoms with Gasteiger partial charge in [0.25, 0.3) is 0 Å². The monoisotopic (exact) mass is 587 g/mol. The molecule has 0 radical (unpaired) electrons. The summed E-state index contributed by atoms with van der Waals surface area (Å²) in [4.78, 5) is 18.7. The van der Waals surface area contributed by atoms with E-state index in [0.717, 1.165) is 48.8 Å². The third-order valence-corrected chi connectivity index (χ3v) is 9.73. The smallest absolute Gasteiger partial charge is 0.338 e. The van der Waals surface area contributed by atoms with Gasteiger partial charge in [-0.1, -0.05) is 45.8 Å². The number of carbonyl (C=O) groups is 1. The van der Waals surface area contributed by atoms with E-state index in [2.05, 4.69) is 15.0 Å². The average Bonchev–Trinajstić information content (AvgIpc) is 3.38. The maximum atomic E-state index is 14.7. The molecule has 7 nitrogen and oxygen atoms in total. The van der Waals surface area contributed by atoms with E-state index >= 15 is 0 Å². The maximum absolute atomic E-state index is 14.7. The Labute approximate surface area is 237 Å². The van der Waals surface area contributed by atoms with Crippen LogP contribution < -0.4 is 4.90 Å². The largest absolute Gasteiger partial charge is 0.465 e. The molecular formula is C28H24Cl2FN3O4S. The van der Waals surface area contributed by atoms with Gasteiger partial charge in [-0.15, -0.1) is 0 Å². The van der Waals surface area contributed by atoms with Crippen molar-refractivity contribution in [3.63, 3.8) is 0 Å². The van der Waals surface area contributed by atoms with Gasteiger partial charge in [0.1, 0.15) is 17.0 Å². The van der Waals surface area contributed by atoms with Gasteiger partial charge in [-0.05, 0) is 49.4 Å². The molecular weight excluding hydrogens is 564 g/mol. The molecule has 2 aromatic heterocycles. The summed E-state index contributed by atoms with van der Waals surface area (Å²) in [5, 5.41) is 6.17. The van der Waals surface area contributed by atoms with Crippen LogP contribution in [-0.4, -0.2) is 42.4 Å². The highest BCUT2D eigenvalue weighted by Crippen LogP contribution is 2.48. The maximum Gasteiger partial charge on any atom is 0.338 e. The zero-order chi connectivity index (χ0) is 26.8. The van der Waals surface area contributed by atoms with Gasteiger partial charge in [-0.25, -0.2) is 14.2 Å². The molecule has 3 fully saturated rings. The standard InChI is InChI=1S/C28H24Cl2FN3O4S/c1-36-27(35)14-7-20(31)25-22(9-14)39-28(32-25)34-10-15-8-21(16(15)11-34)37-12-17-24(33-38-26(17)13-5-6-13)23-18(29)3-2-4-19(23)30/h2-4,7,9,13,15-16,21H,5-6,8,10-12H2,1H3/t15-,16+,21?/m1/s1. The van der Waals surface area contributed by atoms with Gasteiger partial charge in [0.05, 0.1) is 40.1 Å². The second-order valence-corrected chi connectivity index (χ2v) is 12.3. The van der Waals surface area contributed by atoms with Crippen LogP contribution in [0.5, 0.6) is 0 Å². The van der Waals surface area contributed by atoms with Crippen molar-refractivity contribution in [1.29, 1.82) is 0 Å². The van der Waals surface area contributed by atoms with Crippen LogP contribution in [0, 0.1) is 17.7 Å². The third kappa shape index (κ3) is 4.40. The average molecular weight is 588 g/mol. The Morgan fingerprint density at radius 2 is 2.03 bits per heavy atom. The zero-order valence-corrected chi connectivity index (χ0v) is 23.3. The zero-order valence-electron chi connectivity index (χ0n) is 21.0. The second-order valence-electron chi connectivity index (χ2n) is 10.5. The number of nitrogens with zero attached hydrogens (tertiary/aromatic N) is 3. The molecule has 0 N–H and O–H groups in total. The Kier molecular flexibility index (Phi) is 6.30. The van der Waals surface area contributed by atoms with Gasteiger partial charge in [0, 0.05) is 36.1 Å². The molecule has 2 aliphatic carbocycles. The molecule has 0 bridgehead atoms. The van der Waals surface area contributed by atoms with Gasteiger partial charge in [-0.3, -0.25) is 0 Å². The molecule has 4 aromatic rings. The number of rotatable bonds is 7. The first kappa shape index (κ1) is 25.3. The lowest BCUT2D eigenvalue weighted by molar-refractivity contribution is -0.0747. The number of thiazole rings is 1. The molecule has 0 spiro atoms. The summed E-state index contributed by atoms with van der Waals surface area (Å²) in [6, 6.07) is 8.23. The molecule has 1 unspecified atom stereocenters. The third-order valence-electron chi connectivity index (χ3n) is 8.04. The number of carbonyl (C=O) groups excluding carboxylic acids is 1. The number of benzene rings is 2. The Morgan fingerprint density at radius 3 is 2.77 bits per heavy atom. The minimum Gasteiger partial charge on any atom is -0.465 e. The van der Waals surface area contributed by atoms with E-state index in [1.165, 1.54) is 24.5 Å². The first-order chi connectivity index (χ1) is 18.9. The Bertz CT molecular complexity index is 1580. The highest BCUT2D eigenvalue weighted by atomic mass is 35.5. The molecule has 1 aliphatic heterocycles. The van der Waals surface area contributed by atoms with E-state index < -0.39 is 11.8 Å². The van der Waals surface area contributed by atoms with Crippen molar-refractivity contribution in [3.8, 4) is 11.3 Å². The van der Waals surface area contributed by atoms with E-state index in [0.29, 0.717) is 50.4 Å². The molecule has 2 saturated carbocycles. The first-order valence-corrected chi connectivity index (χ1v) is 14.5. The predicted molar refractivity (Wildman–Crippen MR) is 147 cm³/mol. The van der Waals surface area contributed by atoms with Crippen molar-refractivity contribution in [3.05, 3.63) is 63.1 Å². The molecule has 11 heteroatoms. The number of hydrogen-bond donors (Lipinski definition) is 0. The highest BCUT2D eigenvalue weighted by Gasteiger charge is 2.48. The number of ether oxygens (including phenoxy) is 2. The second kappa shape index (κ2) is 9.73. The summed E-state index contributed by atoms with van der Waals surface area (Å²) < 4.78 is 32.3. The number of methoxy groups -OCH3 is 1. The van der Waals surface area contributed by atoms with Crippen molar-refractivity contribution < 1.29 is 23.2 Å².